The summed E-state index contributed by atoms with van der Waals surface area (Å²) in [6.07, 6.45) is 2.34. The summed E-state index contributed by atoms with van der Waals surface area (Å²) < 4.78 is 0. The van der Waals surface area contributed by atoms with Crippen molar-refractivity contribution in [3.8, 4) is 0 Å². The van der Waals surface area contributed by atoms with Crippen LogP contribution in [0.15, 0.2) is 0 Å². The van der Waals surface area contributed by atoms with Gasteiger partial charge in [0.15, 0.2) is 0 Å². The maximum absolute atomic E-state index is 11.7. The van der Waals surface area contributed by atoms with Crippen LogP contribution in [0.3, 0.4) is 0 Å². The van der Waals surface area contributed by atoms with Crippen molar-refractivity contribution in [3.05, 3.63) is 0 Å². The van der Waals surface area contributed by atoms with Crippen LogP contribution in [0.1, 0.15) is 40.5 Å². The summed E-state index contributed by atoms with van der Waals surface area (Å²) in [5.74, 6) is 0. The van der Waals surface area contributed by atoms with Crippen LogP contribution in [0.5, 0.6) is 0 Å². The highest BCUT2D eigenvalue weighted by atomic mass is 16.2. The first-order valence-corrected chi connectivity index (χ1v) is 5.03. The molecule has 0 radical (unpaired) electrons. The highest BCUT2D eigenvalue weighted by Gasteiger charge is 2.32. The number of hydrogen-bond acceptors (Lipinski definition) is 1. The zero-order valence-electron chi connectivity index (χ0n) is 9.05. The molecule has 0 spiro atoms. The summed E-state index contributed by atoms with van der Waals surface area (Å²) >= 11 is 0. The van der Waals surface area contributed by atoms with Gasteiger partial charge in [0.05, 0.1) is 0 Å². The third-order valence-corrected chi connectivity index (χ3v) is 2.07. The Morgan fingerprint density at radius 2 is 2.00 bits per heavy atom. The lowest BCUT2D eigenvalue weighted by molar-refractivity contribution is 0.188. The van der Waals surface area contributed by atoms with Crippen molar-refractivity contribution in [1.29, 1.82) is 0 Å². The van der Waals surface area contributed by atoms with Crippen LogP contribution in [0.25, 0.3) is 0 Å². The monoisotopic (exact) mass is 184 g/mol. The SMILES string of the molecule is CCN(C(=O)NC(C)(C)C)C1CC1. The molecule has 1 aliphatic rings. The first kappa shape index (κ1) is 10.4. The minimum absolute atomic E-state index is 0.0810. The summed E-state index contributed by atoms with van der Waals surface area (Å²) in [5, 5.41) is 2.98. The number of hydrogen-bond donors (Lipinski definition) is 1. The highest BCUT2D eigenvalue weighted by Crippen LogP contribution is 2.26. The Labute approximate surface area is 80.5 Å². The van der Waals surface area contributed by atoms with Crippen molar-refractivity contribution < 1.29 is 4.79 Å². The second-order valence-corrected chi connectivity index (χ2v) is 4.70. The topological polar surface area (TPSA) is 32.3 Å². The van der Waals surface area contributed by atoms with Crippen molar-refractivity contribution in [2.45, 2.75) is 52.1 Å². The highest BCUT2D eigenvalue weighted by molar-refractivity contribution is 5.75. The number of carbonyl (C=O) groups excluding carboxylic acids is 1. The predicted octanol–water partition coefficient (Wildman–Crippen LogP) is 1.98. The van der Waals surface area contributed by atoms with E-state index in [1.54, 1.807) is 0 Å². The van der Waals surface area contributed by atoms with E-state index >= 15 is 0 Å². The number of rotatable bonds is 2. The van der Waals surface area contributed by atoms with E-state index in [0.29, 0.717) is 6.04 Å². The first-order valence-electron chi connectivity index (χ1n) is 5.03. The second kappa shape index (κ2) is 3.56. The molecule has 0 unspecified atom stereocenters. The smallest absolute Gasteiger partial charge is 0.318 e. The van der Waals surface area contributed by atoms with E-state index in [-0.39, 0.29) is 11.6 Å². The molecule has 0 bridgehead atoms. The van der Waals surface area contributed by atoms with E-state index in [1.807, 2.05) is 32.6 Å². The van der Waals surface area contributed by atoms with Crippen molar-refractivity contribution in [3.63, 3.8) is 0 Å². The summed E-state index contributed by atoms with van der Waals surface area (Å²) in [6.45, 7) is 8.86. The fourth-order valence-electron chi connectivity index (χ4n) is 1.35. The number of urea groups is 1. The van der Waals surface area contributed by atoms with Gasteiger partial charge >= 0.3 is 6.03 Å². The van der Waals surface area contributed by atoms with Crippen molar-refractivity contribution in [2.75, 3.05) is 6.54 Å². The maximum atomic E-state index is 11.7. The molecule has 3 heteroatoms. The van der Waals surface area contributed by atoms with Crippen molar-refractivity contribution >= 4 is 6.03 Å². The van der Waals surface area contributed by atoms with Crippen LogP contribution in [0, 0.1) is 0 Å². The molecular formula is C10H20N2O. The number of nitrogens with zero attached hydrogens (tertiary/aromatic N) is 1. The minimum atomic E-state index is -0.126. The second-order valence-electron chi connectivity index (χ2n) is 4.70. The first-order chi connectivity index (χ1) is 5.94. The zero-order chi connectivity index (χ0) is 10.1. The van der Waals surface area contributed by atoms with Gasteiger partial charge in [-0.25, -0.2) is 4.79 Å². The molecule has 1 rings (SSSR count). The molecule has 0 aromatic heterocycles. The molecular weight excluding hydrogens is 164 g/mol. The molecule has 76 valence electrons. The van der Waals surface area contributed by atoms with Gasteiger partial charge in [0, 0.05) is 18.1 Å². The average Bonchev–Trinajstić information content (AvgIpc) is 2.68. The van der Waals surface area contributed by atoms with Crippen molar-refractivity contribution in [2.24, 2.45) is 0 Å². The Hall–Kier alpha value is -0.730. The quantitative estimate of drug-likeness (QED) is 0.699. The molecule has 2 amide bonds. The lowest BCUT2D eigenvalue weighted by Crippen LogP contribution is -2.49. The molecule has 0 saturated heterocycles. The van der Waals surface area contributed by atoms with Gasteiger partial charge in [0.25, 0.3) is 0 Å². The summed E-state index contributed by atoms with van der Waals surface area (Å²) in [6, 6.07) is 0.588. The van der Waals surface area contributed by atoms with Gasteiger partial charge in [-0.3, -0.25) is 0 Å². The van der Waals surface area contributed by atoms with E-state index in [0.717, 1.165) is 6.54 Å². The summed E-state index contributed by atoms with van der Waals surface area (Å²) in [7, 11) is 0. The normalized spacial score (nSPS) is 16.9. The van der Waals surface area contributed by atoms with Gasteiger partial charge in [0.1, 0.15) is 0 Å². The Kier molecular flexibility index (Phi) is 2.84. The van der Waals surface area contributed by atoms with Gasteiger partial charge in [-0.15, -0.1) is 0 Å². The molecule has 13 heavy (non-hydrogen) atoms. The fourth-order valence-corrected chi connectivity index (χ4v) is 1.35. The van der Waals surface area contributed by atoms with Gasteiger partial charge in [-0.1, -0.05) is 0 Å². The van der Waals surface area contributed by atoms with Crippen LogP contribution in [-0.4, -0.2) is 29.1 Å². The molecule has 0 aliphatic heterocycles. The number of carbonyl (C=O) groups is 1. The molecule has 1 fully saturated rings. The Bertz CT molecular complexity index is 192. The number of nitrogens with one attached hydrogen (secondary N) is 1. The van der Waals surface area contributed by atoms with Gasteiger partial charge in [-0.05, 0) is 40.5 Å². The summed E-state index contributed by atoms with van der Waals surface area (Å²) in [4.78, 5) is 13.6. The van der Waals surface area contributed by atoms with E-state index in [1.165, 1.54) is 12.8 Å². The van der Waals surface area contributed by atoms with E-state index < -0.39 is 0 Å². The fraction of sp³-hybridized carbons (Fsp3) is 0.900. The van der Waals surface area contributed by atoms with E-state index in [9.17, 15) is 4.79 Å². The van der Waals surface area contributed by atoms with Crippen LogP contribution >= 0.6 is 0 Å². The van der Waals surface area contributed by atoms with Gasteiger partial charge in [0.2, 0.25) is 0 Å². The Balaban J connectivity index is 2.44. The summed E-state index contributed by atoms with van der Waals surface area (Å²) in [5.41, 5.74) is -0.126. The standard InChI is InChI=1S/C10H20N2O/c1-5-12(8-6-7-8)9(13)11-10(2,3)4/h8H,5-7H2,1-4H3,(H,11,13). The Morgan fingerprint density at radius 3 is 2.31 bits per heavy atom. The Morgan fingerprint density at radius 1 is 1.46 bits per heavy atom. The maximum Gasteiger partial charge on any atom is 0.318 e. The molecule has 0 aromatic carbocycles. The van der Waals surface area contributed by atoms with Crippen molar-refractivity contribution in [1.82, 2.24) is 10.2 Å². The van der Waals surface area contributed by atoms with Gasteiger partial charge in [-0.2, -0.15) is 0 Å². The van der Waals surface area contributed by atoms with Crippen LogP contribution in [0.4, 0.5) is 4.79 Å². The van der Waals surface area contributed by atoms with Crippen LogP contribution in [0.2, 0.25) is 0 Å². The largest absolute Gasteiger partial charge is 0.333 e. The third-order valence-electron chi connectivity index (χ3n) is 2.07. The van der Waals surface area contributed by atoms with E-state index in [2.05, 4.69) is 5.32 Å². The van der Waals surface area contributed by atoms with Crippen LogP contribution in [-0.2, 0) is 0 Å². The molecule has 0 atom stereocenters. The molecule has 0 heterocycles. The zero-order valence-corrected chi connectivity index (χ0v) is 9.05. The lowest BCUT2D eigenvalue weighted by atomic mass is 10.1. The third kappa shape index (κ3) is 3.25. The molecule has 3 nitrogen and oxygen atoms in total. The number of amides is 2. The van der Waals surface area contributed by atoms with E-state index in [4.69, 9.17) is 0 Å². The molecule has 1 N–H and O–H groups in total. The van der Waals surface area contributed by atoms with Gasteiger partial charge < -0.3 is 10.2 Å². The lowest BCUT2D eigenvalue weighted by Gasteiger charge is -2.27. The molecule has 1 aliphatic carbocycles. The predicted molar refractivity (Wildman–Crippen MR) is 53.7 cm³/mol. The molecule has 1 saturated carbocycles. The average molecular weight is 184 g/mol. The molecule has 0 aromatic rings. The van der Waals surface area contributed by atoms with Crippen LogP contribution < -0.4 is 5.32 Å². The minimum Gasteiger partial charge on any atom is -0.333 e.